The molecule has 84 valence electrons. The molecule has 1 aliphatic rings. The summed E-state index contributed by atoms with van der Waals surface area (Å²) in [6.07, 6.45) is 1.98. The predicted octanol–water partition coefficient (Wildman–Crippen LogP) is 0.170. The van der Waals surface area contributed by atoms with E-state index in [-0.39, 0.29) is 11.8 Å². The number of rotatable bonds is 3. The van der Waals surface area contributed by atoms with Gasteiger partial charge in [-0.05, 0) is 6.92 Å². The van der Waals surface area contributed by atoms with Crippen molar-refractivity contribution in [3.8, 4) is 6.07 Å². The van der Waals surface area contributed by atoms with Crippen molar-refractivity contribution in [3.05, 3.63) is 12.2 Å². The van der Waals surface area contributed by atoms with Gasteiger partial charge in [0.2, 0.25) is 5.91 Å². The van der Waals surface area contributed by atoms with Gasteiger partial charge < -0.3 is 9.47 Å². The van der Waals surface area contributed by atoms with Crippen molar-refractivity contribution < 1.29 is 4.79 Å². The van der Waals surface area contributed by atoms with Gasteiger partial charge in [0.1, 0.15) is 6.33 Å². The Bertz CT molecular complexity index is 433. The van der Waals surface area contributed by atoms with E-state index in [1.807, 2.05) is 11.5 Å². The molecular formula is C10H13N5O. The highest BCUT2D eigenvalue weighted by molar-refractivity contribution is 5.79. The summed E-state index contributed by atoms with van der Waals surface area (Å²) in [6.45, 7) is 3.74. The predicted molar refractivity (Wildman–Crippen MR) is 54.8 cm³/mol. The number of hydrogen-bond acceptors (Lipinski definition) is 4. The van der Waals surface area contributed by atoms with Gasteiger partial charge in [-0.15, -0.1) is 10.2 Å². The molecule has 16 heavy (non-hydrogen) atoms. The van der Waals surface area contributed by atoms with Crippen LogP contribution in [0.15, 0.2) is 6.33 Å². The van der Waals surface area contributed by atoms with Crippen LogP contribution in [0.2, 0.25) is 0 Å². The number of nitrogens with zero attached hydrogens (tertiary/aromatic N) is 5. The molecule has 2 heterocycles. The standard InChI is InChI=1S/C10H13N5O/c1-2-14-7-12-13-9(14)6-15-5-8(4-11)3-10(15)16/h7-8H,2-3,5-6H2,1H3. The Hall–Kier alpha value is -1.90. The third-order valence-corrected chi connectivity index (χ3v) is 2.77. The van der Waals surface area contributed by atoms with E-state index in [4.69, 9.17) is 5.26 Å². The fourth-order valence-electron chi connectivity index (χ4n) is 1.85. The lowest BCUT2D eigenvalue weighted by Gasteiger charge is -2.14. The number of hydrogen-bond donors (Lipinski definition) is 0. The number of amides is 1. The van der Waals surface area contributed by atoms with Crippen LogP contribution in [0.3, 0.4) is 0 Å². The van der Waals surface area contributed by atoms with Crippen LogP contribution in [0.25, 0.3) is 0 Å². The minimum atomic E-state index is -0.175. The van der Waals surface area contributed by atoms with Crippen molar-refractivity contribution >= 4 is 5.91 Å². The van der Waals surface area contributed by atoms with Gasteiger partial charge in [-0.3, -0.25) is 4.79 Å². The largest absolute Gasteiger partial charge is 0.334 e. The topological polar surface area (TPSA) is 74.8 Å². The molecule has 0 radical (unpaired) electrons. The highest BCUT2D eigenvalue weighted by Crippen LogP contribution is 2.18. The molecule has 2 rings (SSSR count). The lowest BCUT2D eigenvalue weighted by atomic mass is 10.1. The van der Waals surface area contributed by atoms with Crippen molar-refractivity contribution in [2.45, 2.75) is 26.4 Å². The maximum atomic E-state index is 11.6. The fourth-order valence-corrected chi connectivity index (χ4v) is 1.85. The summed E-state index contributed by atoms with van der Waals surface area (Å²) in [5.41, 5.74) is 0. The lowest BCUT2D eigenvalue weighted by Crippen LogP contribution is -2.26. The van der Waals surface area contributed by atoms with Crippen molar-refractivity contribution in [1.29, 1.82) is 5.26 Å². The van der Waals surface area contributed by atoms with E-state index in [0.717, 1.165) is 12.4 Å². The summed E-state index contributed by atoms with van der Waals surface area (Å²) < 4.78 is 1.90. The number of aromatic nitrogens is 3. The molecule has 0 N–H and O–H groups in total. The Morgan fingerprint density at radius 3 is 3.12 bits per heavy atom. The minimum absolute atomic E-state index is 0.0252. The van der Waals surface area contributed by atoms with Gasteiger partial charge in [0.25, 0.3) is 0 Å². The molecular weight excluding hydrogens is 206 g/mol. The van der Waals surface area contributed by atoms with Gasteiger partial charge in [-0.2, -0.15) is 5.26 Å². The van der Waals surface area contributed by atoms with Gasteiger partial charge in [-0.1, -0.05) is 0 Å². The number of nitriles is 1. The van der Waals surface area contributed by atoms with Gasteiger partial charge in [0, 0.05) is 19.5 Å². The van der Waals surface area contributed by atoms with Gasteiger partial charge in [0.05, 0.1) is 18.5 Å². The van der Waals surface area contributed by atoms with Crippen molar-refractivity contribution in [1.82, 2.24) is 19.7 Å². The SMILES string of the molecule is CCn1cnnc1CN1CC(C#N)CC1=O. The Morgan fingerprint density at radius 2 is 2.50 bits per heavy atom. The summed E-state index contributed by atoms with van der Waals surface area (Å²) >= 11 is 0. The minimum Gasteiger partial charge on any atom is -0.334 e. The summed E-state index contributed by atoms with van der Waals surface area (Å²) in [4.78, 5) is 13.3. The molecule has 1 saturated heterocycles. The average molecular weight is 219 g/mol. The van der Waals surface area contributed by atoms with Crippen LogP contribution in [-0.4, -0.2) is 32.1 Å². The maximum absolute atomic E-state index is 11.6. The van der Waals surface area contributed by atoms with Crippen LogP contribution in [0.5, 0.6) is 0 Å². The van der Waals surface area contributed by atoms with Crippen molar-refractivity contribution in [2.75, 3.05) is 6.54 Å². The van der Waals surface area contributed by atoms with E-state index in [2.05, 4.69) is 16.3 Å². The molecule has 1 amide bonds. The third-order valence-electron chi connectivity index (χ3n) is 2.77. The molecule has 0 spiro atoms. The van der Waals surface area contributed by atoms with Gasteiger partial charge in [-0.25, -0.2) is 0 Å². The normalized spacial score (nSPS) is 20.1. The number of carbonyl (C=O) groups excluding carboxylic acids is 1. The quantitative estimate of drug-likeness (QED) is 0.726. The fraction of sp³-hybridized carbons (Fsp3) is 0.600. The van der Waals surface area contributed by atoms with E-state index in [1.54, 1.807) is 11.2 Å². The van der Waals surface area contributed by atoms with Crippen LogP contribution in [0.4, 0.5) is 0 Å². The first-order valence-corrected chi connectivity index (χ1v) is 5.28. The van der Waals surface area contributed by atoms with Crippen LogP contribution in [0, 0.1) is 17.2 Å². The zero-order chi connectivity index (χ0) is 11.5. The summed E-state index contributed by atoms with van der Waals surface area (Å²) in [6, 6.07) is 2.13. The molecule has 6 nitrogen and oxygen atoms in total. The first kappa shape index (κ1) is 10.6. The van der Waals surface area contributed by atoms with E-state index in [1.165, 1.54) is 0 Å². The number of aryl methyl sites for hydroxylation is 1. The highest BCUT2D eigenvalue weighted by atomic mass is 16.2. The second-order valence-electron chi connectivity index (χ2n) is 3.84. The van der Waals surface area contributed by atoms with Gasteiger partial charge >= 0.3 is 0 Å². The van der Waals surface area contributed by atoms with E-state index in [0.29, 0.717) is 19.5 Å². The molecule has 0 saturated carbocycles. The zero-order valence-electron chi connectivity index (χ0n) is 9.13. The molecule has 1 aliphatic heterocycles. The second-order valence-corrected chi connectivity index (χ2v) is 3.84. The van der Waals surface area contributed by atoms with E-state index in [9.17, 15) is 4.79 Å². The van der Waals surface area contributed by atoms with E-state index < -0.39 is 0 Å². The monoisotopic (exact) mass is 219 g/mol. The van der Waals surface area contributed by atoms with Crippen molar-refractivity contribution in [3.63, 3.8) is 0 Å². The van der Waals surface area contributed by atoms with Crippen LogP contribution in [-0.2, 0) is 17.9 Å². The second kappa shape index (κ2) is 4.31. The molecule has 1 aromatic heterocycles. The Balaban J connectivity index is 2.06. The molecule has 1 unspecified atom stereocenters. The summed E-state index contributed by atoms with van der Waals surface area (Å²) in [5, 5.41) is 16.5. The molecule has 0 aliphatic carbocycles. The van der Waals surface area contributed by atoms with Crippen LogP contribution >= 0.6 is 0 Å². The molecule has 6 heteroatoms. The van der Waals surface area contributed by atoms with Crippen LogP contribution in [0.1, 0.15) is 19.2 Å². The number of likely N-dealkylation sites (tertiary alicyclic amines) is 1. The molecule has 0 aromatic carbocycles. The Labute approximate surface area is 93.5 Å². The Kier molecular flexibility index (Phi) is 2.86. The highest BCUT2D eigenvalue weighted by Gasteiger charge is 2.30. The number of carbonyl (C=O) groups is 1. The molecule has 1 fully saturated rings. The zero-order valence-corrected chi connectivity index (χ0v) is 9.13. The lowest BCUT2D eigenvalue weighted by molar-refractivity contribution is -0.128. The first-order valence-electron chi connectivity index (χ1n) is 5.28. The van der Waals surface area contributed by atoms with Crippen molar-refractivity contribution in [2.24, 2.45) is 5.92 Å². The third kappa shape index (κ3) is 1.89. The summed E-state index contributed by atoms with van der Waals surface area (Å²) in [5.74, 6) is 0.622. The summed E-state index contributed by atoms with van der Waals surface area (Å²) in [7, 11) is 0. The first-order chi connectivity index (χ1) is 7.74. The average Bonchev–Trinajstić information content (AvgIpc) is 2.86. The van der Waals surface area contributed by atoms with E-state index >= 15 is 0 Å². The molecule has 1 aromatic rings. The van der Waals surface area contributed by atoms with Crippen LogP contribution < -0.4 is 0 Å². The molecule has 0 bridgehead atoms. The molecule has 1 atom stereocenters. The maximum Gasteiger partial charge on any atom is 0.224 e. The van der Waals surface area contributed by atoms with Gasteiger partial charge in [0.15, 0.2) is 5.82 Å². The Morgan fingerprint density at radius 1 is 1.69 bits per heavy atom. The smallest absolute Gasteiger partial charge is 0.224 e.